The van der Waals surface area contributed by atoms with E-state index in [2.05, 4.69) is 102 Å². The van der Waals surface area contributed by atoms with E-state index in [1.54, 1.807) is 50.8 Å². The first-order chi connectivity index (χ1) is 28.6. The molecular formula is C43H50N12O5. The van der Waals surface area contributed by atoms with Crippen molar-refractivity contribution in [1.82, 2.24) is 51.0 Å². The van der Waals surface area contributed by atoms with Crippen molar-refractivity contribution < 1.29 is 23.1 Å². The van der Waals surface area contributed by atoms with Crippen molar-refractivity contribution in [3.63, 3.8) is 0 Å². The molecule has 312 valence electrons. The average Bonchev–Trinajstić information content (AvgIpc) is 4.03. The highest BCUT2D eigenvalue weighted by Crippen LogP contribution is 2.35. The molecule has 0 radical (unpaired) electrons. The number of oxazole rings is 2. The first kappa shape index (κ1) is 40.4. The largest absolute Gasteiger partial charge is 0.519 e. The van der Waals surface area contributed by atoms with Crippen molar-refractivity contribution in [2.75, 3.05) is 36.0 Å². The Labute approximate surface area is 348 Å². The van der Waals surface area contributed by atoms with Crippen LogP contribution in [0.2, 0.25) is 0 Å². The molecule has 0 spiro atoms. The zero-order chi connectivity index (χ0) is 42.2. The fraction of sp³-hybridized carbons (Fsp3) is 0.419. The van der Waals surface area contributed by atoms with Crippen molar-refractivity contribution in [1.29, 1.82) is 0 Å². The highest BCUT2D eigenvalue weighted by Gasteiger charge is 2.29. The minimum Gasteiger partial charge on any atom is -0.441 e. The smallest absolute Gasteiger partial charge is 0.441 e. The summed E-state index contributed by atoms with van der Waals surface area (Å²) >= 11 is 0. The Morgan fingerprint density at radius 3 is 1.42 bits per heavy atom. The van der Waals surface area contributed by atoms with Gasteiger partial charge in [-0.2, -0.15) is 0 Å². The van der Waals surface area contributed by atoms with E-state index < -0.39 is 6.16 Å². The maximum absolute atomic E-state index is 13.9. The first-order valence-corrected chi connectivity index (χ1v) is 20.1. The summed E-state index contributed by atoms with van der Waals surface area (Å²) in [6.45, 7) is 19.8. The molecule has 2 atom stereocenters. The van der Waals surface area contributed by atoms with Crippen LogP contribution in [0.4, 0.5) is 16.4 Å². The van der Waals surface area contributed by atoms with Crippen LogP contribution in [0.15, 0.2) is 70.0 Å². The van der Waals surface area contributed by atoms with Gasteiger partial charge in [0.2, 0.25) is 0 Å². The summed E-state index contributed by atoms with van der Waals surface area (Å²) in [5.74, 6) is 3.44. The summed E-state index contributed by atoms with van der Waals surface area (Å²) in [5.41, 5.74) is 2.40. The van der Waals surface area contributed by atoms with Crippen LogP contribution >= 0.6 is 0 Å². The first-order valence-electron chi connectivity index (χ1n) is 20.1. The number of aryl methyl sites for hydroxylation is 2. The van der Waals surface area contributed by atoms with Crippen LogP contribution in [-0.4, -0.2) is 95.8 Å². The lowest BCUT2D eigenvalue weighted by molar-refractivity contribution is 0.152. The van der Waals surface area contributed by atoms with Gasteiger partial charge in [-0.05, 0) is 90.8 Å². The molecule has 2 aliphatic rings. The highest BCUT2D eigenvalue weighted by atomic mass is 16.7. The second-order valence-electron chi connectivity index (χ2n) is 17.3. The van der Waals surface area contributed by atoms with E-state index in [0.29, 0.717) is 57.9 Å². The van der Waals surface area contributed by atoms with Crippen molar-refractivity contribution in [2.24, 2.45) is 0 Å². The Bertz CT molecular complexity index is 2280. The third-order valence-corrected chi connectivity index (χ3v) is 9.99. The van der Waals surface area contributed by atoms with Crippen LogP contribution in [0.25, 0.3) is 45.4 Å². The van der Waals surface area contributed by atoms with Crippen molar-refractivity contribution >= 4 is 17.8 Å². The zero-order valence-corrected chi connectivity index (χ0v) is 35.2. The molecule has 6 aromatic rings. The van der Waals surface area contributed by atoms with Gasteiger partial charge in [-0.3, -0.25) is 0 Å². The number of nitrogens with one attached hydrogen (secondary N) is 2. The quantitative estimate of drug-likeness (QED) is 0.136. The van der Waals surface area contributed by atoms with Gasteiger partial charge in [-0.25, -0.2) is 24.7 Å². The Morgan fingerprint density at radius 2 is 1.07 bits per heavy atom. The van der Waals surface area contributed by atoms with E-state index in [4.69, 9.17) is 18.3 Å². The number of nitrogens with zero attached hydrogens (tertiary/aromatic N) is 10. The van der Waals surface area contributed by atoms with E-state index >= 15 is 0 Å². The predicted molar refractivity (Wildman–Crippen MR) is 225 cm³/mol. The number of rotatable bonds is 10. The standard InChI is InChI=1S/C43H50N12O5/c1-25-44-21-35(57-25)27-17-33(39(46-19-27)31-9-11-37(52-50-31)54-15-13-29(23-54)48-42(3,4)5)59-41(56)60-34-18-28(36-22-45-26(2)58-36)20-47-40(34)32-10-12-38(53-51-32)55-16-14-30(24-55)49-43(6,7)8/h9-12,17-22,29-30,48-49H,13-16,23-24H2,1-8H3/t29-,30-/m1/s1. The van der Waals surface area contributed by atoms with Crippen LogP contribution < -0.4 is 29.9 Å². The van der Waals surface area contributed by atoms with E-state index in [1.807, 2.05) is 24.3 Å². The van der Waals surface area contributed by atoms with Crippen molar-refractivity contribution in [3.8, 4) is 56.9 Å². The number of hydrogen-bond acceptors (Lipinski definition) is 17. The van der Waals surface area contributed by atoms with E-state index in [9.17, 15) is 4.79 Å². The molecule has 2 aliphatic heterocycles. The lowest BCUT2D eigenvalue weighted by atomic mass is 10.1. The number of anilines is 2. The summed E-state index contributed by atoms with van der Waals surface area (Å²) in [6, 6.07) is 11.3. The summed E-state index contributed by atoms with van der Waals surface area (Å²) in [4.78, 5) is 36.0. The Morgan fingerprint density at radius 1 is 0.633 bits per heavy atom. The Kier molecular flexibility index (Phi) is 11.0. The molecule has 6 aromatic heterocycles. The highest BCUT2D eigenvalue weighted by molar-refractivity contribution is 5.78. The minimum absolute atomic E-state index is 0.00839. The Balaban J connectivity index is 1.06. The molecule has 0 amide bonds. The van der Waals surface area contributed by atoms with Gasteiger partial charge < -0.3 is 38.7 Å². The maximum Gasteiger partial charge on any atom is 0.519 e. The molecule has 0 saturated carbocycles. The van der Waals surface area contributed by atoms with Crippen LogP contribution in [0.3, 0.4) is 0 Å². The summed E-state index contributed by atoms with van der Waals surface area (Å²) in [5, 5.41) is 25.5. The molecule has 0 aliphatic carbocycles. The zero-order valence-electron chi connectivity index (χ0n) is 35.2. The molecule has 2 fully saturated rings. The molecule has 2 saturated heterocycles. The molecule has 17 heteroatoms. The number of carbonyl (C=O) groups excluding carboxylic acids is 1. The lowest BCUT2D eigenvalue weighted by Crippen LogP contribution is -2.45. The molecule has 8 rings (SSSR count). The number of carbonyl (C=O) groups is 1. The topological polar surface area (TPSA) is 195 Å². The van der Waals surface area contributed by atoms with Gasteiger partial charge in [0.25, 0.3) is 0 Å². The third-order valence-electron chi connectivity index (χ3n) is 9.99. The van der Waals surface area contributed by atoms with Gasteiger partial charge in [-0.1, -0.05) is 0 Å². The van der Waals surface area contributed by atoms with Gasteiger partial charge in [-0.15, -0.1) is 20.4 Å². The molecule has 17 nitrogen and oxygen atoms in total. The second kappa shape index (κ2) is 16.4. The minimum atomic E-state index is -1.06. The molecular weight excluding hydrogens is 765 g/mol. The SMILES string of the molecule is Cc1ncc(-c2cnc(-c3ccc(N4CC[C@@H](NC(C)(C)C)C4)nn3)c(OC(=O)Oc3cc(-c4cnc(C)o4)cnc3-c3ccc(N4CC[C@@H](NC(C)(C)C)C4)nn3)c2)o1. The van der Waals surface area contributed by atoms with Crippen LogP contribution in [-0.2, 0) is 0 Å². The maximum atomic E-state index is 13.9. The molecule has 0 aromatic carbocycles. The van der Waals surface area contributed by atoms with Crippen molar-refractivity contribution in [2.45, 2.75) is 91.4 Å². The Hall–Kier alpha value is -6.33. The number of aromatic nitrogens is 8. The van der Waals surface area contributed by atoms with Gasteiger partial charge >= 0.3 is 6.16 Å². The van der Waals surface area contributed by atoms with Gasteiger partial charge in [0.15, 0.2) is 46.4 Å². The second-order valence-corrected chi connectivity index (χ2v) is 17.3. The van der Waals surface area contributed by atoms with Crippen LogP contribution in [0.1, 0.15) is 66.2 Å². The fourth-order valence-corrected chi connectivity index (χ4v) is 7.53. The van der Waals surface area contributed by atoms with E-state index in [1.165, 1.54) is 0 Å². The normalized spacial score (nSPS) is 17.1. The lowest BCUT2D eigenvalue weighted by Gasteiger charge is -2.26. The summed E-state index contributed by atoms with van der Waals surface area (Å²) in [6.07, 6.45) is 7.28. The van der Waals surface area contributed by atoms with Gasteiger partial charge in [0, 0.05) is 86.7 Å². The monoisotopic (exact) mass is 814 g/mol. The molecule has 2 N–H and O–H groups in total. The molecule has 0 bridgehead atoms. The van der Waals surface area contributed by atoms with Crippen LogP contribution in [0, 0.1) is 13.8 Å². The van der Waals surface area contributed by atoms with Gasteiger partial charge in [0.1, 0.15) is 22.8 Å². The molecule has 8 heterocycles. The number of ether oxygens (including phenoxy) is 2. The number of pyridine rings is 2. The average molecular weight is 815 g/mol. The van der Waals surface area contributed by atoms with Gasteiger partial charge in [0.05, 0.1) is 12.4 Å². The molecule has 0 unspecified atom stereocenters. The van der Waals surface area contributed by atoms with Crippen LogP contribution in [0.5, 0.6) is 11.5 Å². The van der Waals surface area contributed by atoms with E-state index in [-0.39, 0.29) is 34.0 Å². The van der Waals surface area contributed by atoms with Crippen molar-refractivity contribution in [3.05, 3.63) is 73.0 Å². The summed E-state index contributed by atoms with van der Waals surface area (Å²) < 4.78 is 23.4. The fourth-order valence-electron chi connectivity index (χ4n) is 7.53. The number of hydrogen-bond donors (Lipinski definition) is 2. The predicted octanol–water partition coefficient (Wildman–Crippen LogP) is 6.83. The third kappa shape index (κ3) is 9.58. The molecule has 60 heavy (non-hydrogen) atoms. The van der Waals surface area contributed by atoms with E-state index in [0.717, 1.165) is 50.7 Å². The summed E-state index contributed by atoms with van der Waals surface area (Å²) in [7, 11) is 0.